The second-order valence-corrected chi connectivity index (χ2v) is 6.76. The normalized spacial score (nSPS) is 11.5. The minimum absolute atomic E-state index is 0.273. The summed E-state index contributed by atoms with van der Waals surface area (Å²) in [6.45, 7) is 2.02. The molecule has 1 aromatic heterocycles. The van der Waals surface area contributed by atoms with Crippen molar-refractivity contribution < 1.29 is 14.3 Å². The van der Waals surface area contributed by atoms with Gasteiger partial charge in [0.05, 0.1) is 5.02 Å². The zero-order valence-electron chi connectivity index (χ0n) is 15.1. The number of anilines is 1. The van der Waals surface area contributed by atoms with Crippen molar-refractivity contribution in [3.05, 3.63) is 82.6 Å². The third-order valence-electron chi connectivity index (χ3n) is 3.82. The molecule has 1 N–H and O–H groups in total. The number of carbonyl (C=O) groups is 1. The number of benzene rings is 2. The molecule has 0 saturated heterocycles. The summed E-state index contributed by atoms with van der Waals surface area (Å²) < 4.78 is 11.4. The van der Waals surface area contributed by atoms with Crippen molar-refractivity contribution in [3.63, 3.8) is 0 Å². The van der Waals surface area contributed by atoms with Gasteiger partial charge in [0, 0.05) is 29.7 Å². The molecule has 0 aliphatic heterocycles. The number of nitrogens with zero attached hydrogens (tertiary/aromatic N) is 1. The summed E-state index contributed by atoms with van der Waals surface area (Å²) >= 11 is 12.1. The Morgan fingerprint density at radius 3 is 2.75 bits per heavy atom. The third-order valence-corrected chi connectivity index (χ3v) is 4.62. The van der Waals surface area contributed by atoms with Gasteiger partial charge < -0.3 is 14.8 Å². The van der Waals surface area contributed by atoms with E-state index in [2.05, 4.69) is 10.3 Å². The fourth-order valence-electron chi connectivity index (χ4n) is 2.38. The van der Waals surface area contributed by atoms with E-state index in [0.29, 0.717) is 28.8 Å². The molecule has 0 spiro atoms. The summed E-state index contributed by atoms with van der Waals surface area (Å²) in [7, 11) is 0. The maximum Gasteiger partial charge on any atom is 0.265 e. The van der Waals surface area contributed by atoms with Crippen LogP contribution in [0.4, 0.5) is 5.69 Å². The number of carbonyl (C=O) groups excluding carboxylic acids is 1. The van der Waals surface area contributed by atoms with E-state index in [0.717, 1.165) is 5.56 Å². The Hall–Kier alpha value is -2.76. The molecular weight excluding hydrogens is 399 g/mol. The summed E-state index contributed by atoms with van der Waals surface area (Å²) in [5.74, 6) is 0.666. The Morgan fingerprint density at radius 1 is 1.14 bits per heavy atom. The molecule has 0 radical (unpaired) electrons. The van der Waals surface area contributed by atoms with Crippen LogP contribution in [0.2, 0.25) is 10.0 Å². The molecule has 5 nitrogen and oxygen atoms in total. The average molecular weight is 417 g/mol. The maximum absolute atomic E-state index is 12.4. The molecule has 1 unspecified atom stereocenters. The molecule has 7 heteroatoms. The monoisotopic (exact) mass is 416 g/mol. The predicted molar refractivity (Wildman–Crippen MR) is 110 cm³/mol. The highest BCUT2D eigenvalue weighted by Crippen LogP contribution is 2.32. The maximum atomic E-state index is 12.4. The van der Waals surface area contributed by atoms with Gasteiger partial charge in [0.2, 0.25) is 0 Å². The van der Waals surface area contributed by atoms with Crippen LogP contribution in [-0.2, 0) is 11.4 Å². The minimum Gasteiger partial charge on any atom is -0.489 e. The minimum atomic E-state index is -0.768. The highest BCUT2D eigenvalue weighted by atomic mass is 35.5. The first kappa shape index (κ1) is 20.0. The molecule has 0 bridgehead atoms. The molecule has 2 aromatic carbocycles. The lowest BCUT2D eigenvalue weighted by atomic mass is 10.2. The van der Waals surface area contributed by atoms with E-state index in [1.807, 2.05) is 18.2 Å². The first-order valence-corrected chi connectivity index (χ1v) is 9.32. The summed E-state index contributed by atoms with van der Waals surface area (Å²) in [6.07, 6.45) is 2.68. The van der Waals surface area contributed by atoms with Gasteiger partial charge in [-0.05, 0) is 37.3 Å². The van der Waals surface area contributed by atoms with Crippen LogP contribution < -0.4 is 14.8 Å². The van der Waals surface area contributed by atoms with E-state index >= 15 is 0 Å². The average Bonchev–Trinajstić information content (AvgIpc) is 2.71. The van der Waals surface area contributed by atoms with E-state index < -0.39 is 6.10 Å². The van der Waals surface area contributed by atoms with Gasteiger partial charge in [-0.2, -0.15) is 0 Å². The highest BCUT2D eigenvalue weighted by molar-refractivity contribution is 6.42. The molecule has 0 fully saturated rings. The molecule has 3 aromatic rings. The van der Waals surface area contributed by atoms with Gasteiger partial charge in [0.1, 0.15) is 23.1 Å². The molecule has 1 atom stereocenters. The largest absolute Gasteiger partial charge is 0.489 e. The Labute approximate surface area is 173 Å². The van der Waals surface area contributed by atoms with Crippen LogP contribution in [0.5, 0.6) is 11.5 Å². The fraction of sp³-hybridized carbons (Fsp3) is 0.143. The lowest BCUT2D eigenvalue weighted by Crippen LogP contribution is -2.30. The van der Waals surface area contributed by atoms with E-state index in [1.165, 1.54) is 0 Å². The predicted octanol–water partition coefficient (Wildman–Crippen LogP) is 5.37. The van der Waals surface area contributed by atoms with Crippen molar-refractivity contribution >= 4 is 34.8 Å². The van der Waals surface area contributed by atoms with Crippen molar-refractivity contribution in [3.8, 4) is 11.5 Å². The quantitative estimate of drug-likeness (QED) is 0.561. The van der Waals surface area contributed by atoms with Crippen LogP contribution in [-0.4, -0.2) is 17.0 Å². The zero-order chi connectivity index (χ0) is 19.9. The van der Waals surface area contributed by atoms with E-state index in [4.69, 9.17) is 32.7 Å². The van der Waals surface area contributed by atoms with Crippen molar-refractivity contribution in [1.82, 2.24) is 4.98 Å². The number of halogens is 2. The van der Waals surface area contributed by atoms with Gasteiger partial charge in [-0.25, -0.2) is 0 Å². The van der Waals surface area contributed by atoms with Gasteiger partial charge in [0.25, 0.3) is 5.91 Å². The fourth-order valence-corrected chi connectivity index (χ4v) is 2.71. The number of nitrogens with one attached hydrogen (secondary N) is 1. The number of hydrogen-bond acceptors (Lipinski definition) is 4. The topological polar surface area (TPSA) is 60.5 Å². The summed E-state index contributed by atoms with van der Waals surface area (Å²) in [5, 5.41) is 3.44. The van der Waals surface area contributed by atoms with Crippen LogP contribution >= 0.6 is 23.2 Å². The molecule has 1 amide bonds. The van der Waals surface area contributed by atoms with Gasteiger partial charge >= 0.3 is 0 Å². The molecule has 0 aliphatic carbocycles. The number of pyridine rings is 1. The van der Waals surface area contributed by atoms with Crippen molar-refractivity contribution in [2.45, 2.75) is 19.6 Å². The van der Waals surface area contributed by atoms with Gasteiger partial charge in [-0.1, -0.05) is 41.4 Å². The molecule has 1 heterocycles. The SMILES string of the molecule is CC(Oc1cccc(Cl)c1Cl)C(=O)Nc1cccc(OCc2cccnc2)c1. The lowest BCUT2D eigenvalue weighted by Gasteiger charge is -2.16. The van der Waals surface area contributed by atoms with Crippen LogP contribution in [0.1, 0.15) is 12.5 Å². The van der Waals surface area contributed by atoms with Crippen molar-refractivity contribution in [2.75, 3.05) is 5.32 Å². The number of amides is 1. The smallest absolute Gasteiger partial charge is 0.265 e. The summed E-state index contributed by atoms with van der Waals surface area (Å²) in [5.41, 5.74) is 1.55. The number of hydrogen-bond donors (Lipinski definition) is 1. The first-order valence-electron chi connectivity index (χ1n) is 8.56. The van der Waals surface area contributed by atoms with E-state index in [1.54, 1.807) is 55.7 Å². The molecule has 0 saturated carbocycles. The lowest BCUT2D eigenvalue weighted by molar-refractivity contribution is -0.122. The summed E-state index contributed by atoms with van der Waals surface area (Å²) in [6, 6.07) is 15.9. The third kappa shape index (κ3) is 5.38. The number of rotatable bonds is 7. The highest BCUT2D eigenvalue weighted by Gasteiger charge is 2.17. The van der Waals surface area contributed by atoms with Gasteiger partial charge in [-0.15, -0.1) is 0 Å². The van der Waals surface area contributed by atoms with Crippen LogP contribution in [0.3, 0.4) is 0 Å². The second-order valence-electron chi connectivity index (χ2n) is 5.98. The van der Waals surface area contributed by atoms with E-state index in [9.17, 15) is 4.79 Å². The van der Waals surface area contributed by atoms with Gasteiger partial charge in [-0.3, -0.25) is 9.78 Å². The van der Waals surface area contributed by atoms with Crippen LogP contribution in [0.15, 0.2) is 67.0 Å². The number of aromatic nitrogens is 1. The Bertz CT molecular complexity index is 951. The standard InChI is InChI=1S/C21H18Cl2N2O3/c1-14(28-19-9-3-8-18(22)20(19)23)21(26)25-16-6-2-7-17(11-16)27-13-15-5-4-10-24-12-15/h2-12,14H,13H2,1H3,(H,25,26). The first-order chi connectivity index (χ1) is 13.5. The summed E-state index contributed by atoms with van der Waals surface area (Å²) in [4.78, 5) is 16.5. The van der Waals surface area contributed by atoms with E-state index in [-0.39, 0.29) is 10.9 Å². The van der Waals surface area contributed by atoms with Crippen LogP contribution in [0.25, 0.3) is 0 Å². The zero-order valence-corrected chi connectivity index (χ0v) is 16.6. The molecular formula is C21H18Cl2N2O3. The Kier molecular flexibility index (Phi) is 6.74. The van der Waals surface area contributed by atoms with Gasteiger partial charge in [0.15, 0.2) is 6.10 Å². The Balaban J connectivity index is 1.59. The second kappa shape index (κ2) is 9.44. The van der Waals surface area contributed by atoms with Crippen LogP contribution in [0, 0.1) is 0 Å². The van der Waals surface area contributed by atoms with Crippen molar-refractivity contribution in [1.29, 1.82) is 0 Å². The molecule has 3 rings (SSSR count). The number of ether oxygens (including phenoxy) is 2. The molecule has 0 aliphatic rings. The molecule has 28 heavy (non-hydrogen) atoms. The molecule has 144 valence electrons. The Morgan fingerprint density at radius 2 is 1.96 bits per heavy atom. The van der Waals surface area contributed by atoms with Crippen molar-refractivity contribution in [2.24, 2.45) is 0 Å².